The fourth-order valence-corrected chi connectivity index (χ4v) is 1.55. The van der Waals surface area contributed by atoms with Crippen molar-refractivity contribution in [2.75, 3.05) is 0 Å². The third-order valence-electron chi connectivity index (χ3n) is 2.48. The summed E-state index contributed by atoms with van der Waals surface area (Å²) in [6.07, 6.45) is 3.02. The van der Waals surface area contributed by atoms with E-state index in [9.17, 15) is 14.9 Å². The van der Waals surface area contributed by atoms with E-state index < -0.39 is 11.0 Å². The zero-order valence-corrected chi connectivity index (χ0v) is 10.1. The van der Waals surface area contributed by atoms with Gasteiger partial charge in [-0.15, -0.1) is 0 Å². The first-order chi connectivity index (χ1) is 9.11. The first-order valence-corrected chi connectivity index (χ1v) is 5.60. The number of non-ortho nitro benzene ring substituents is 1. The van der Waals surface area contributed by atoms with Gasteiger partial charge in [0.25, 0.3) is 5.69 Å². The topological polar surface area (TPSA) is 87.3 Å². The first kappa shape index (κ1) is 12.7. The van der Waals surface area contributed by atoms with Crippen LogP contribution in [-0.2, 0) is 6.42 Å². The molecule has 7 nitrogen and oxygen atoms in total. The van der Waals surface area contributed by atoms with Crippen LogP contribution < -0.4 is 4.74 Å². The lowest BCUT2D eigenvalue weighted by Crippen LogP contribution is -2.18. The number of nitrogens with zero attached hydrogens (tertiary/aromatic N) is 3. The van der Waals surface area contributed by atoms with E-state index in [4.69, 9.17) is 4.74 Å². The minimum Gasteiger partial charge on any atom is -0.410 e. The van der Waals surface area contributed by atoms with E-state index in [1.54, 1.807) is 0 Å². The van der Waals surface area contributed by atoms with Crippen molar-refractivity contribution in [3.8, 4) is 5.75 Å². The minimum absolute atomic E-state index is 0.0586. The molecule has 0 N–H and O–H groups in total. The molecule has 0 aliphatic heterocycles. The van der Waals surface area contributed by atoms with Crippen molar-refractivity contribution in [1.82, 2.24) is 9.55 Å². The van der Waals surface area contributed by atoms with E-state index in [2.05, 4.69) is 4.98 Å². The second kappa shape index (κ2) is 5.30. The molecule has 2 rings (SSSR count). The first-order valence-electron chi connectivity index (χ1n) is 5.60. The minimum atomic E-state index is -0.594. The molecule has 0 unspecified atom stereocenters. The highest BCUT2D eigenvalue weighted by atomic mass is 16.6. The Morgan fingerprint density at radius 2 is 2.11 bits per heavy atom. The second-order valence-electron chi connectivity index (χ2n) is 3.69. The number of benzene rings is 1. The molecule has 19 heavy (non-hydrogen) atoms. The number of nitro groups is 1. The number of rotatable bonds is 3. The summed E-state index contributed by atoms with van der Waals surface area (Å²) in [5, 5.41) is 10.5. The normalized spacial score (nSPS) is 10.2. The van der Waals surface area contributed by atoms with E-state index in [-0.39, 0.29) is 11.4 Å². The van der Waals surface area contributed by atoms with Gasteiger partial charge in [-0.1, -0.05) is 6.92 Å². The highest BCUT2D eigenvalue weighted by molar-refractivity contribution is 5.73. The number of hydrogen-bond donors (Lipinski definition) is 0. The Labute approximate surface area is 108 Å². The van der Waals surface area contributed by atoms with Crippen LogP contribution in [0.5, 0.6) is 5.75 Å². The number of nitro benzene ring substituents is 1. The second-order valence-corrected chi connectivity index (χ2v) is 3.69. The van der Waals surface area contributed by atoms with Crippen LogP contribution in [0.4, 0.5) is 10.5 Å². The molecule has 0 atom stereocenters. The molecular weight excluding hydrogens is 250 g/mol. The summed E-state index contributed by atoms with van der Waals surface area (Å²) in [6, 6.07) is 5.30. The Morgan fingerprint density at radius 3 is 2.68 bits per heavy atom. The van der Waals surface area contributed by atoms with E-state index >= 15 is 0 Å². The summed E-state index contributed by atoms with van der Waals surface area (Å²) in [5.41, 5.74) is -0.0586. The fourth-order valence-electron chi connectivity index (χ4n) is 1.55. The largest absolute Gasteiger partial charge is 0.424 e. The Balaban J connectivity index is 2.13. The van der Waals surface area contributed by atoms with Gasteiger partial charge in [-0.2, -0.15) is 0 Å². The van der Waals surface area contributed by atoms with Crippen molar-refractivity contribution in [2.24, 2.45) is 0 Å². The Morgan fingerprint density at radius 1 is 1.42 bits per heavy atom. The van der Waals surface area contributed by atoms with Crippen LogP contribution in [0.3, 0.4) is 0 Å². The van der Waals surface area contributed by atoms with Crippen LogP contribution >= 0.6 is 0 Å². The molecule has 0 saturated heterocycles. The zero-order chi connectivity index (χ0) is 13.8. The lowest BCUT2D eigenvalue weighted by atomic mass is 10.3. The van der Waals surface area contributed by atoms with Gasteiger partial charge < -0.3 is 4.74 Å². The highest BCUT2D eigenvalue weighted by Crippen LogP contribution is 2.18. The number of imidazole rings is 1. The van der Waals surface area contributed by atoms with Gasteiger partial charge in [0.1, 0.15) is 11.6 Å². The Hall–Kier alpha value is -2.70. The molecular formula is C12H11N3O4. The molecule has 1 heterocycles. The molecule has 0 amide bonds. The molecule has 2 aromatic rings. The van der Waals surface area contributed by atoms with Gasteiger partial charge in [0.2, 0.25) is 0 Å². The molecule has 0 radical (unpaired) electrons. The predicted octanol–water partition coefficient (Wildman–Crippen LogP) is 2.40. The van der Waals surface area contributed by atoms with E-state index in [0.29, 0.717) is 12.2 Å². The number of ether oxygens (including phenoxy) is 1. The average Bonchev–Trinajstić information content (AvgIpc) is 2.87. The number of aromatic nitrogens is 2. The summed E-state index contributed by atoms with van der Waals surface area (Å²) in [5.74, 6) is 0.832. The summed E-state index contributed by atoms with van der Waals surface area (Å²) in [6.45, 7) is 1.87. The molecule has 98 valence electrons. The van der Waals surface area contributed by atoms with Crippen LogP contribution in [0, 0.1) is 10.1 Å². The maximum atomic E-state index is 11.8. The molecule has 1 aromatic carbocycles. The van der Waals surface area contributed by atoms with E-state index in [1.807, 2.05) is 6.92 Å². The standard InChI is InChI=1S/C12H11N3O4/c1-2-11-13-7-8-14(11)12(16)19-10-5-3-9(4-6-10)15(17)18/h3-8H,2H2,1H3. The lowest BCUT2D eigenvalue weighted by Gasteiger charge is -2.06. The van der Waals surface area contributed by atoms with Crippen molar-refractivity contribution in [1.29, 1.82) is 0 Å². The molecule has 0 saturated carbocycles. The van der Waals surface area contributed by atoms with Gasteiger partial charge in [-0.05, 0) is 12.1 Å². The van der Waals surface area contributed by atoms with Crippen LogP contribution in [0.1, 0.15) is 12.7 Å². The van der Waals surface area contributed by atoms with Gasteiger partial charge in [0.15, 0.2) is 0 Å². The molecule has 1 aromatic heterocycles. The summed E-state index contributed by atoms with van der Waals surface area (Å²) < 4.78 is 6.39. The molecule has 0 fully saturated rings. The SMILES string of the molecule is CCc1nccn1C(=O)Oc1ccc([N+](=O)[O-])cc1. The Bertz CT molecular complexity index is 604. The fraction of sp³-hybridized carbons (Fsp3) is 0.167. The average molecular weight is 261 g/mol. The number of carbonyl (C=O) groups is 1. The van der Waals surface area contributed by atoms with Crippen LogP contribution in [0.2, 0.25) is 0 Å². The van der Waals surface area contributed by atoms with Crippen LogP contribution in [0.15, 0.2) is 36.7 Å². The third-order valence-corrected chi connectivity index (χ3v) is 2.48. The maximum Gasteiger partial charge on any atom is 0.424 e. The molecule has 0 spiro atoms. The summed E-state index contributed by atoms with van der Waals surface area (Å²) in [4.78, 5) is 25.8. The van der Waals surface area contributed by atoms with Gasteiger partial charge in [0, 0.05) is 30.9 Å². The number of aryl methyl sites for hydroxylation is 1. The monoisotopic (exact) mass is 261 g/mol. The van der Waals surface area contributed by atoms with E-state index in [0.717, 1.165) is 0 Å². The predicted molar refractivity (Wildman–Crippen MR) is 66.1 cm³/mol. The molecule has 0 bridgehead atoms. The number of carbonyl (C=O) groups excluding carboxylic acids is 1. The van der Waals surface area contributed by atoms with E-state index in [1.165, 1.54) is 41.2 Å². The van der Waals surface area contributed by atoms with Crippen molar-refractivity contribution in [2.45, 2.75) is 13.3 Å². The molecule has 7 heteroatoms. The van der Waals surface area contributed by atoms with Gasteiger partial charge in [-0.3, -0.25) is 10.1 Å². The van der Waals surface area contributed by atoms with Gasteiger partial charge in [0.05, 0.1) is 4.92 Å². The lowest BCUT2D eigenvalue weighted by molar-refractivity contribution is -0.384. The van der Waals surface area contributed by atoms with Crippen molar-refractivity contribution < 1.29 is 14.5 Å². The molecule has 0 aliphatic carbocycles. The molecule has 0 aliphatic rings. The third kappa shape index (κ3) is 2.76. The Kier molecular flexibility index (Phi) is 3.56. The van der Waals surface area contributed by atoms with Crippen molar-refractivity contribution in [3.63, 3.8) is 0 Å². The maximum absolute atomic E-state index is 11.8. The van der Waals surface area contributed by atoms with Crippen molar-refractivity contribution in [3.05, 3.63) is 52.6 Å². The summed E-state index contributed by atoms with van der Waals surface area (Å²) >= 11 is 0. The zero-order valence-electron chi connectivity index (χ0n) is 10.1. The summed E-state index contributed by atoms with van der Waals surface area (Å²) in [7, 11) is 0. The number of hydrogen-bond acceptors (Lipinski definition) is 5. The van der Waals surface area contributed by atoms with Crippen LogP contribution in [-0.4, -0.2) is 20.6 Å². The highest BCUT2D eigenvalue weighted by Gasteiger charge is 2.12. The van der Waals surface area contributed by atoms with Crippen LogP contribution in [0.25, 0.3) is 0 Å². The van der Waals surface area contributed by atoms with Crippen molar-refractivity contribution >= 4 is 11.8 Å². The van der Waals surface area contributed by atoms with Gasteiger partial charge in [-0.25, -0.2) is 14.3 Å². The smallest absolute Gasteiger partial charge is 0.410 e. The quantitative estimate of drug-likeness (QED) is 0.625. The van der Waals surface area contributed by atoms with Gasteiger partial charge >= 0.3 is 6.09 Å².